The maximum absolute atomic E-state index is 11.8. The van der Waals surface area contributed by atoms with Crippen molar-refractivity contribution in [2.24, 2.45) is 0 Å². The maximum atomic E-state index is 11.8. The first-order valence-corrected chi connectivity index (χ1v) is 7.90. The predicted molar refractivity (Wildman–Crippen MR) is 82.8 cm³/mol. The lowest BCUT2D eigenvalue weighted by molar-refractivity contribution is -0.112. The summed E-state index contributed by atoms with van der Waals surface area (Å²) in [4.78, 5) is 25.9. The van der Waals surface area contributed by atoms with Gasteiger partial charge in [0.05, 0.1) is 11.3 Å². The van der Waals surface area contributed by atoms with Gasteiger partial charge >= 0.3 is 0 Å². The molecule has 1 atom stereocenters. The number of rotatable bonds is 5. The number of ketones is 1. The highest BCUT2D eigenvalue weighted by atomic mass is 16.2. The fourth-order valence-electron chi connectivity index (χ4n) is 3.61. The normalized spacial score (nSPS) is 19.9. The molecule has 0 radical (unpaired) electrons. The Kier molecular flexibility index (Phi) is 3.81. The second kappa shape index (κ2) is 5.60. The largest absolute Gasteiger partial charge is 0.318 e. The van der Waals surface area contributed by atoms with Crippen LogP contribution in [0.1, 0.15) is 48.2 Å². The molecule has 0 fully saturated rings. The van der Waals surface area contributed by atoms with Crippen molar-refractivity contribution in [2.75, 3.05) is 18.4 Å². The zero-order valence-corrected chi connectivity index (χ0v) is 12.7. The van der Waals surface area contributed by atoms with Gasteiger partial charge in [-0.3, -0.25) is 14.5 Å². The third kappa shape index (κ3) is 2.38. The van der Waals surface area contributed by atoms with Crippen molar-refractivity contribution in [3.05, 3.63) is 28.8 Å². The van der Waals surface area contributed by atoms with Gasteiger partial charge in [0, 0.05) is 6.04 Å². The molecule has 0 saturated carbocycles. The fourth-order valence-corrected chi connectivity index (χ4v) is 3.61. The summed E-state index contributed by atoms with van der Waals surface area (Å²) in [6.07, 6.45) is 4.26. The molecule has 2 aliphatic rings. The van der Waals surface area contributed by atoms with E-state index in [0.29, 0.717) is 11.6 Å². The molecular weight excluding hydrogens is 264 g/mol. The number of carbonyl (C=O) groups is 2. The topological polar surface area (TPSA) is 49.4 Å². The standard InChI is InChI=1S/C17H22N2O2/c1-3-7-19(8-4-2)12-9-11-5-6-13-15(14(11)10-12)18-17(21)16(13)20/h5-6,12H,3-4,7-10H2,1-2H3,(H,18,20,21). The van der Waals surface area contributed by atoms with Crippen LogP contribution in [0, 0.1) is 0 Å². The molecular formula is C17H22N2O2. The van der Waals surface area contributed by atoms with Crippen LogP contribution in [0.5, 0.6) is 0 Å². The summed E-state index contributed by atoms with van der Waals surface area (Å²) in [5.41, 5.74) is 3.79. The lowest BCUT2D eigenvalue weighted by atomic mass is 10.0. The molecule has 1 amide bonds. The number of nitrogens with one attached hydrogen (secondary N) is 1. The minimum absolute atomic E-state index is 0.393. The Morgan fingerprint density at radius 3 is 2.52 bits per heavy atom. The van der Waals surface area contributed by atoms with Gasteiger partial charge in [-0.2, -0.15) is 0 Å². The number of hydrogen-bond acceptors (Lipinski definition) is 3. The lowest BCUT2D eigenvalue weighted by Gasteiger charge is -2.28. The SMILES string of the molecule is CCCN(CCC)C1Cc2ccc3c(c2C1)NC(=O)C3=O. The Morgan fingerprint density at radius 1 is 1.14 bits per heavy atom. The molecule has 4 heteroatoms. The molecule has 1 aromatic rings. The van der Waals surface area contributed by atoms with E-state index in [1.54, 1.807) is 6.07 Å². The first kappa shape index (κ1) is 14.3. The number of carbonyl (C=O) groups excluding carboxylic acids is 2. The van der Waals surface area contributed by atoms with Crippen molar-refractivity contribution in [3.63, 3.8) is 0 Å². The van der Waals surface area contributed by atoms with Crippen molar-refractivity contribution in [1.82, 2.24) is 4.90 Å². The molecule has 1 unspecified atom stereocenters. The number of amides is 1. The van der Waals surface area contributed by atoms with E-state index in [1.807, 2.05) is 6.07 Å². The van der Waals surface area contributed by atoms with Crippen LogP contribution in [0.2, 0.25) is 0 Å². The van der Waals surface area contributed by atoms with Gasteiger partial charge < -0.3 is 5.32 Å². The third-order valence-corrected chi connectivity index (χ3v) is 4.53. The van der Waals surface area contributed by atoms with Crippen molar-refractivity contribution in [1.29, 1.82) is 0 Å². The molecule has 3 rings (SSSR count). The van der Waals surface area contributed by atoms with Gasteiger partial charge in [-0.15, -0.1) is 0 Å². The quantitative estimate of drug-likeness (QED) is 0.846. The molecule has 4 nitrogen and oxygen atoms in total. The number of fused-ring (bicyclic) bond motifs is 3. The van der Waals surface area contributed by atoms with Crippen LogP contribution in [-0.4, -0.2) is 35.7 Å². The molecule has 0 aromatic heterocycles. The minimum atomic E-state index is -0.485. The zero-order valence-electron chi connectivity index (χ0n) is 12.7. The average Bonchev–Trinajstić information content (AvgIpc) is 3.01. The molecule has 1 aromatic carbocycles. The van der Waals surface area contributed by atoms with Crippen molar-refractivity contribution < 1.29 is 9.59 Å². The second-order valence-electron chi connectivity index (χ2n) is 6.01. The Balaban J connectivity index is 1.87. The van der Waals surface area contributed by atoms with E-state index < -0.39 is 11.7 Å². The van der Waals surface area contributed by atoms with E-state index in [9.17, 15) is 9.59 Å². The Hall–Kier alpha value is -1.68. The zero-order chi connectivity index (χ0) is 15.0. The summed E-state index contributed by atoms with van der Waals surface area (Å²) >= 11 is 0. The van der Waals surface area contributed by atoms with Gasteiger partial charge in [-0.25, -0.2) is 0 Å². The van der Waals surface area contributed by atoms with Crippen LogP contribution in [0.25, 0.3) is 0 Å². The smallest absolute Gasteiger partial charge is 0.296 e. The summed E-state index contributed by atoms with van der Waals surface area (Å²) in [5, 5.41) is 2.76. The van der Waals surface area contributed by atoms with Crippen LogP contribution in [0.3, 0.4) is 0 Å². The number of anilines is 1. The van der Waals surface area contributed by atoms with Crippen LogP contribution in [0.4, 0.5) is 5.69 Å². The predicted octanol–water partition coefficient (Wildman–Crippen LogP) is 2.41. The third-order valence-electron chi connectivity index (χ3n) is 4.53. The van der Waals surface area contributed by atoms with Gasteiger partial charge in [-0.05, 0) is 56.0 Å². The van der Waals surface area contributed by atoms with E-state index >= 15 is 0 Å². The molecule has 1 aliphatic carbocycles. The van der Waals surface area contributed by atoms with Crippen LogP contribution in [0.15, 0.2) is 12.1 Å². The molecule has 0 bridgehead atoms. The summed E-state index contributed by atoms with van der Waals surface area (Å²) < 4.78 is 0. The van der Waals surface area contributed by atoms with Gasteiger partial charge in [0.25, 0.3) is 11.7 Å². The Morgan fingerprint density at radius 2 is 1.86 bits per heavy atom. The Labute approximate surface area is 125 Å². The van der Waals surface area contributed by atoms with Gasteiger partial charge in [0.2, 0.25) is 0 Å². The van der Waals surface area contributed by atoms with Gasteiger partial charge in [0.1, 0.15) is 0 Å². The molecule has 1 aliphatic heterocycles. The van der Waals surface area contributed by atoms with Gasteiger partial charge in [-0.1, -0.05) is 19.9 Å². The fraction of sp³-hybridized carbons (Fsp3) is 0.529. The van der Waals surface area contributed by atoms with Crippen molar-refractivity contribution in [2.45, 2.75) is 45.6 Å². The number of benzene rings is 1. The van der Waals surface area contributed by atoms with Crippen LogP contribution in [-0.2, 0) is 17.6 Å². The molecule has 1 heterocycles. The maximum Gasteiger partial charge on any atom is 0.296 e. The molecule has 1 N–H and O–H groups in total. The first-order chi connectivity index (χ1) is 10.2. The highest BCUT2D eigenvalue weighted by Crippen LogP contribution is 2.36. The first-order valence-electron chi connectivity index (χ1n) is 7.90. The molecule has 0 saturated heterocycles. The summed E-state index contributed by atoms with van der Waals surface area (Å²) in [7, 11) is 0. The molecule has 0 spiro atoms. The molecule has 21 heavy (non-hydrogen) atoms. The Bertz CT molecular complexity index is 589. The van der Waals surface area contributed by atoms with E-state index in [-0.39, 0.29) is 0 Å². The van der Waals surface area contributed by atoms with E-state index in [1.165, 1.54) is 11.1 Å². The van der Waals surface area contributed by atoms with Crippen molar-refractivity contribution in [3.8, 4) is 0 Å². The average molecular weight is 286 g/mol. The monoisotopic (exact) mass is 286 g/mol. The van der Waals surface area contributed by atoms with Crippen LogP contribution < -0.4 is 5.32 Å². The lowest BCUT2D eigenvalue weighted by Crippen LogP contribution is -2.37. The summed E-state index contributed by atoms with van der Waals surface area (Å²) in [6, 6.07) is 4.34. The van der Waals surface area contributed by atoms with E-state index in [2.05, 4.69) is 24.1 Å². The highest BCUT2D eigenvalue weighted by molar-refractivity contribution is 6.51. The van der Waals surface area contributed by atoms with E-state index in [4.69, 9.17) is 0 Å². The summed E-state index contributed by atoms with van der Waals surface area (Å²) in [6.45, 7) is 6.64. The number of Topliss-reactive ketones (excluding diaryl/α,β-unsaturated/α-hetero) is 1. The second-order valence-corrected chi connectivity index (χ2v) is 6.01. The van der Waals surface area contributed by atoms with Crippen LogP contribution >= 0.6 is 0 Å². The highest BCUT2D eigenvalue weighted by Gasteiger charge is 2.35. The minimum Gasteiger partial charge on any atom is -0.318 e. The number of nitrogens with zero attached hydrogens (tertiary/aromatic N) is 1. The number of hydrogen-bond donors (Lipinski definition) is 1. The summed E-state index contributed by atoms with van der Waals surface area (Å²) in [5.74, 6) is -0.879. The van der Waals surface area contributed by atoms with Crippen molar-refractivity contribution >= 4 is 17.4 Å². The van der Waals surface area contributed by atoms with E-state index in [0.717, 1.165) is 44.5 Å². The van der Waals surface area contributed by atoms with Gasteiger partial charge in [0.15, 0.2) is 0 Å². The molecule has 112 valence electrons.